The molecule has 0 unspecified atom stereocenters. The lowest BCUT2D eigenvalue weighted by atomic mass is 10.1. The molecule has 0 aromatic heterocycles. The van der Waals surface area contributed by atoms with Crippen molar-refractivity contribution in [3.8, 4) is 11.5 Å². The number of carbonyl (C=O) groups is 3. The Bertz CT molecular complexity index is 1440. The number of aryl methyl sites for hydroxylation is 1. The highest BCUT2D eigenvalue weighted by Gasteiger charge is 2.37. The zero-order valence-electron chi connectivity index (χ0n) is 19.8. The zero-order valence-corrected chi connectivity index (χ0v) is 23.7. The second-order valence-electron chi connectivity index (χ2n) is 8.03. The van der Waals surface area contributed by atoms with E-state index >= 15 is 0 Å². The van der Waals surface area contributed by atoms with Gasteiger partial charge in [0, 0.05) is 15.1 Å². The first-order valence-corrected chi connectivity index (χ1v) is 13.2. The van der Waals surface area contributed by atoms with Crippen molar-refractivity contribution < 1.29 is 23.9 Å². The molecule has 37 heavy (non-hydrogen) atoms. The van der Waals surface area contributed by atoms with Crippen molar-refractivity contribution in [3.63, 3.8) is 0 Å². The van der Waals surface area contributed by atoms with Gasteiger partial charge in [-0.1, -0.05) is 51.8 Å². The number of barbiturate groups is 1. The lowest BCUT2D eigenvalue weighted by Gasteiger charge is -2.27. The smallest absolute Gasteiger partial charge is 0.335 e. The van der Waals surface area contributed by atoms with Crippen molar-refractivity contribution >= 4 is 73.1 Å². The Kier molecular flexibility index (Phi) is 8.36. The minimum atomic E-state index is -0.843. The molecule has 0 atom stereocenters. The summed E-state index contributed by atoms with van der Waals surface area (Å²) in [4.78, 5) is 39.5. The van der Waals surface area contributed by atoms with Crippen LogP contribution in [0, 0.1) is 6.92 Å². The number of ether oxygens (including phenoxy) is 2. The maximum absolute atomic E-state index is 13.3. The molecule has 1 fully saturated rings. The molecule has 3 aromatic rings. The van der Waals surface area contributed by atoms with Gasteiger partial charge in [-0.2, -0.15) is 0 Å². The van der Waals surface area contributed by atoms with Crippen LogP contribution in [-0.4, -0.2) is 24.5 Å². The highest BCUT2D eigenvalue weighted by atomic mass is 79.9. The molecule has 1 saturated heterocycles. The third-order valence-corrected chi connectivity index (χ3v) is 7.08. The third-order valence-electron chi connectivity index (χ3n) is 5.49. The highest BCUT2D eigenvalue weighted by Crippen LogP contribution is 2.39. The molecule has 1 aliphatic rings. The van der Waals surface area contributed by atoms with Crippen LogP contribution in [0.1, 0.15) is 23.6 Å². The van der Waals surface area contributed by atoms with Crippen LogP contribution < -0.4 is 19.7 Å². The lowest BCUT2D eigenvalue weighted by Crippen LogP contribution is -2.54. The molecule has 10 heteroatoms. The summed E-state index contributed by atoms with van der Waals surface area (Å²) in [5.41, 5.74) is 2.18. The van der Waals surface area contributed by atoms with Crippen LogP contribution in [0.3, 0.4) is 0 Å². The van der Waals surface area contributed by atoms with E-state index in [0.29, 0.717) is 44.4 Å². The summed E-state index contributed by atoms with van der Waals surface area (Å²) in [6, 6.07) is 15.1. The van der Waals surface area contributed by atoms with Crippen molar-refractivity contribution in [2.75, 3.05) is 11.5 Å². The molecule has 0 saturated carbocycles. The number of nitrogens with zero attached hydrogens (tertiary/aromatic N) is 1. The van der Waals surface area contributed by atoms with Crippen LogP contribution >= 0.6 is 43.5 Å². The summed E-state index contributed by atoms with van der Waals surface area (Å²) >= 11 is 13.1. The Hall–Kier alpha value is -3.14. The van der Waals surface area contributed by atoms with Gasteiger partial charge in [0.1, 0.15) is 12.2 Å². The molecule has 190 valence electrons. The van der Waals surface area contributed by atoms with Gasteiger partial charge in [-0.15, -0.1) is 0 Å². The molecule has 1 N–H and O–H groups in total. The maximum Gasteiger partial charge on any atom is 0.335 e. The number of amides is 4. The first kappa shape index (κ1) is 26.9. The molecule has 3 aromatic carbocycles. The van der Waals surface area contributed by atoms with Crippen LogP contribution in [-0.2, 0) is 16.2 Å². The Morgan fingerprint density at radius 3 is 2.49 bits per heavy atom. The topological polar surface area (TPSA) is 84.9 Å². The van der Waals surface area contributed by atoms with E-state index in [-0.39, 0.29) is 12.2 Å². The monoisotopic (exact) mass is 646 g/mol. The average molecular weight is 649 g/mol. The van der Waals surface area contributed by atoms with Crippen molar-refractivity contribution in [3.05, 3.63) is 90.8 Å². The summed E-state index contributed by atoms with van der Waals surface area (Å²) in [6.07, 6.45) is 1.40. The van der Waals surface area contributed by atoms with Gasteiger partial charge in [0.25, 0.3) is 11.8 Å². The van der Waals surface area contributed by atoms with Crippen LogP contribution in [0.5, 0.6) is 11.5 Å². The van der Waals surface area contributed by atoms with E-state index in [2.05, 4.69) is 37.2 Å². The number of imide groups is 2. The SMILES string of the molecule is CCOc1cc(/C=C2\C(=O)NC(=O)N(c3cc(Cl)ccc3C)C2=O)cc(Br)c1OCc1ccccc1Br. The Labute approximate surface area is 235 Å². The third kappa shape index (κ3) is 5.89. The number of rotatable bonds is 7. The van der Waals surface area contributed by atoms with Crippen molar-refractivity contribution in [1.29, 1.82) is 0 Å². The van der Waals surface area contributed by atoms with Gasteiger partial charge in [0.05, 0.1) is 16.8 Å². The number of nitrogens with one attached hydrogen (secondary N) is 1. The number of urea groups is 1. The van der Waals surface area contributed by atoms with Crippen LogP contribution in [0.15, 0.2) is 69.1 Å². The molecular formula is C27H21Br2ClN2O5. The summed E-state index contributed by atoms with van der Waals surface area (Å²) in [7, 11) is 0. The fourth-order valence-corrected chi connectivity index (χ4v) is 4.85. The van der Waals surface area contributed by atoms with Crippen LogP contribution in [0.4, 0.5) is 10.5 Å². The van der Waals surface area contributed by atoms with Crippen molar-refractivity contribution in [2.24, 2.45) is 0 Å². The number of benzene rings is 3. The first-order valence-electron chi connectivity index (χ1n) is 11.2. The van der Waals surface area contributed by atoms with Crippen molar-refractivity contribution in [2.45, 2.75) is 20.5 Å². The summed E-state index contributed by atoms with van der Waals surface area (Å²) < 4.78 is 13.3. The molecule has 7 nitrogen and oxygen atoms in total. The quantitative estimate of drug-likeness (QED) is 0.225. The first-order chi connectivity index (χ1) is 17.7. The standard InChI is InChI=1S/C27H21Br2ClN2O5/c1-3-36-23-12-16(11-21(29)24(23)37-14-17-6-4-5-7-20(17)28)10-19-25(33)31-27(35)32(26(19)34)22-13-18(30)9-8-15(22)2/h4-13H,3,14H2,1-2H3,(H,31,33,35)/b19-10+. The molecule has 4 rings (SSSR count). The zero-order chi connectivity index (χ0) is 26.7. The number of carbonyl (C=O) groups excluding carboxylic acids is 3. The van der Waals surface area contributed by atoms with Crippen LogP contribution in [0.2, 0.25) is 5.02 Å². The van der Waals surface area contributed by atoms with E-state index in [1.807, 2.05) is 31.2 Å². The predicted molar refractivity (Wildman–Crippen MR) is 149 cm³/mol. The lowest BCUT2D eigenvalue weighted by molar-refractivity contribution is -0.122. The fourth-order valence-electron chi connectivity index (χ4n) is 3.71. The van der Waals surface area contributed by atoms with E-state index in [4.69, 9.17) is 21.1 Å². The number of hydrogen-bond acceptors (Lipinski definition) is 5. The minimum Gasteiger partial charge on any atom is -0.490 e. The summed E-state index contributed by atoms with van der Waals surface area (Å²) in [6.45, 7) is 4.24. The van der Waals surface area contributed by atoms with E-state index in [0.717, 1.165) is 14.9 Å². The Balaban J connectivity index is 1.69. The molecule has 0 radical (unpaired) electrons. The van der Waals surface area contributed by atoms with Gasteiger partial charge in [-0.3, -0.25) is 14.9 Å². The second kappa shape index (κ2) is 11.5. The van der Waals surface area contributed by atoms with E-state index in [9.17, 15) is 14.4 Å². The Morgan fingerprint density at radius 1 is 1.00 bits per heavy atom. The fraction of sp³-hybridized carbons (Fsp3) is 0.148. The van der Waals surface area contributed by atoms with Gasteiger partial charge in [0.2, 0.25) is 0 Å². The highest BCUT2D eigenvalue weighted by molar-refractivity contribution is 9.10. The second-order valence-corrected chi connectivity index (χ2v) is 10.2. The van der Waals surface area contributed by atoms with Gasteiger partial charge in [-0.05, 0) is 77.3 Å². The largest absolute Gasteiger partial charge is 0.490 e. The number of hydrogen-bond donors (Lipinski definition) is 1. The molecule has 0 aliphatic carbocycles. The summed E-state index contributed by atoms with van der Waals surface area (Å²) in [5.74, 6) is -0.652. The number of halogens is 3. The van der Waals surface area contributed by atoms with Gasteiger partial charge >= 0.3 is 6.03 Å². The molecule has 1 heterocycles. The molecule has 0 spiro atoms. The molecular weight excluding hydrogens is 628 g/mol. The minimum absolute atomic E-state index is 0.213. The normalized spacial score (nSPS) is 14.7. The predicted octanol–water partition coefficient (Wildman–Crippen LogP) is 6.82. The van der Waals surface area contributed by atoms with Crippen molar-refractivity contribution in [1.82, 2.24) is 5.32 Å². The van der Waals surface area contributed by atoms with Gasteiger partial charge in [-0.25, -0.2) is 9.69 Å². The van der Waals surface area contributed by atoms with E-state index in [1.54, 1.807) is 31.2 Å². The van der Waals surface area contributed by atoms with E-state index in [1.165, 1.54) is 12.1 Å². The van der Waals surface area contributed by atoms with Gasteiger partial charge in [0.15, 0.2) is 11.5 Å². The maximum atomic E-state index is 13.3. The van der Waals surface area contributed by atoms with Gasteiger partial charge < -0.3 is 9.47 Å². The van der Waals surface area contributed by atoms with Crippen LogP contribution in [0.25, 0.3) is 6.08 Å². The molecule has 1 aliphatic heterocycles. The number of anilines is 1. The average Bonchev–Trinajstić information content (AvgIpc) is 2.84. The molecule has 4 amide bonds. The van der Waals surface area contributed by atoms with E-state index < -0.39 is 17.8 Å². The Morgan fingerprint density at radius 2 is 1.76 bits per heavy atom. The summed E-state index contributed by atoms with van der Waals surface area (Å²) in [5, 5.41) is 2.58. The molecule has 0 bridgehead atoms.